The van der Waals surface area contributed by atoms with E-state index in [0.29, 0.717) is 19.0 Å². The molecule has 26 heavy (non-hydrogen) atoms. The van der Waals surface area contributed by atoms with Crippen molar-refractivity contribution in [3.8, 4) is 5.75 Å². The third-order valence-electron chi connectivity index (χ3n) is 5.59. The van der Waals surface area contributed by atoms with Crippen molar-refractivity contribution < 1.29 is 14.6 Å². The van der Waals surface area contributed by atoms with Gasteiger partial charge < -0.3 is 9.84 Å². The lowest BCUT2D eigenvalue weighted by atomic mass is 9.83. The Morgan fingerprint density at radius 1 is 1.27 bits per heavy atom. The number of fused-ring (bicyclic) bond motifs is 1. The van der Waals surface area contributed by atoms with Crippen LogP contribution in [0.2, 0.25) is 0 Å². The van der Waals surface area contributed by atoms with E-state index in [-0.39, 0.29) is 5.92 Å². The van der Waals surface area contributed by atoms with Crippen LogP contribution >= 0.6 is 0 Å². The van der Waals surface area contributed by atoms with E-state index in [1.807, 2.05) is 0 Å². The molecular formula is C22H31NO3. The van der Waals surface area contributed by atoms with Gasteiger partial charge in [0.25, 0.3) is 0 Å². The number of ether oxygens (including phenoxy) is 1. The molecule has 1 aromatic rings. The Labute approximate surface area is 156 Å². The number of benzene rings is 1. The van der Waals surface area contributed by atoms with Crippen LogP contribution in [-0.4, -0.2) is 42.2 Å². The van der Waals surface area contributed by atoms with Crippen LogP contribution in [0.4, 0.5) is 0 Å². The zero-order valence-corrected chi connectivity index (χ0v) is 16.0. The molecule has 4 nitrogen and oxygen atoms in total. The molecule has 1 heterocycles. The summed E-state index contributed by atoms with van der Waals surface area (Å²) in [5.41, 5.74) is 4.06. The third kappa shape index (κ3) is 4.67. The quantitative estimate of drug-likeness (QED) is 0.672. The molecule has 1 aromatic carbocycles. The summed E-state index contributed by atoms with van der Waals surface area (Å²) in [5, 5.41) is 9.02. The van der Waals surface area contributed by atoms with E-state index in [1.165, 1.54) is 36.0 Å². The minimum absolute atomic E-state index is 0.182. The topological polar surface area (TPSA) is 49.8 Å². The van der Waals surface area contributed by atoms with Crippen molar-refractivity contribution in [3.63, 3.8) is 0 Å². The summed E-state index contributed by atoms with van der Waals surface area (Å²) in [6.45, 7) is 7.53. The molecule has 142 valence electrons. The van der Waals surface area contributed by atoms with Gasteiger partial charge in [0, 0.05) is 19.6 Å². The Kier molecular flexibility index (Phi) is 6.36. The Bertz CT molecular complexity index is 661. The molecule has 0 bridgehead atoms. The zero-order chi connectivity index (χ0) is 18.5. The van der Waals surface area contributed by atoms with E-state index >= 15 is 0 Å². The molecule has 0 spiro atoms. The highest BCUT2D eigenvalue weighted by Crippen LogP contribution is 2.32. The molecular weight excluding hydrogens is 326 g/mol. The largest absolute Gasteiger partial charge is 0.494 e. The maximum absolute atomic E-state index is 11.0. The first kappa shape index (κ1) is 19.0. The highest BCUT2D eigenvalue weighted by Gasteiger charge is 2.33. The number of unbranched alkanes of at least 4 members (excludes halogenated alkanes) is 3. The van der Waals surface area contributed by atoms with Crippen LogP contribution in [0.15, 0.2) is 23.8 Å². The summed E-state index contributed by atoms with van der Waals surface area (Å²) in [6, 6.07) is 6.44. The van der Waals surface area contributed by atoms with E-state index in [0.717, 1.165) is 31.7 Å². The van der Waals surface area contributed by atoms with Gasteiger partial charge in [-0.1, -0.05) is 50.8 Å². The number of carboxylic acids is 1. The minimum Gasteiger partial charge on any atom is -0.494 e. The number of carboxylic acid groups (broad SMARTS) is 1. The lowest BCUT2D eigenvalue weighted by Gasteiger charge is -2.38. The normalized spacial score (nSPS) is 20.2. The first-order valence-electron chi connectivity index (χ1n) is 9.98. The summed E-state index contributed by atoms with van der Waals surface area (Å²) in [6.07, 6.45) is 8.22. The van der Waals surface area contributed by atoms with Crippen molar-refractivity contribution in [1.29, 1.82) is 0 Å². The van der Waals surface area contributed by atoms with Gasteiger partial charge in [0.05, 0.1) is 12.5 Å². The van der Waals surface area contributed by atoms with E-state index in [1.54, 1.807) is 0 Å². The number of hydrogen-bond donors (Lipinski definition) is 1. The summed E-state index contributed by atoms with van der Waals surface area (Å²) in [5.74, 6) is 0.626. The smallest absolute Gasteiger partial charge is 0.309 e. The second-order valence-electron chi connectivity index (χ2n) is 7.82. The number of aliphatic carboxylic acids is 1. The monoisotopic (exact) mass is 357 g/mol. The molecule has 3 rings (SSSR count). The van der Waals surface area contributed by atoms with Gasteiger partial charge in [-0.25, -0.2) is 0 Å². The molecule has 1 aliphatic heterocycles. The molecule has 1 fully saturated rings. The Balaban J connectivity index is 1.56. The summed E-state index contributed by atoms with van der Waals surface area (Å²) < 4.78 is 5.92. The van der Waals surface area contributed by atoms with Crippen LogP contribution in [0.25, 0.3) is 6.08 Å². The van der Waals surface area contributed by atoms with Crippen LogP contribution in [0.5, 0.6) is 5.75 Å². The molecule has 4 heteroatoms. The zero-order valence-electron chi connectivity index (χ0n) is 16.0. The Morgan fingerprint density at radius 2 is 2.08 bits per heavy atom. The summed E-state index contributed by atoms with van der Waals surface area (Å²) in [7, 11) is 0. The average Bonchev–Trinajstić information content (AvgIpc) is 2.57. The molecule has 0 saturated carbocycles. The number of carbonyl (C=O) groups is 1. The van der Waals surface area contributed by atoms with Crippen LogP contribution in [0.1, 0.15) is 50.7 Å². The molecule has 2 aliphatic rings. The molecule has 0 aromatic heterocycles. The minimum atomic E-state index is -0.667. The van der Waals surface area contributed by atoms with Gasteiger partial charge >= 0.3 is 5.97 Å². The van der Waals surface area contributed by atoms with E-state index in [9.17, 15) is 4.79 Å². The van der Waals surface area contributed by atoms with Gasteiger partial charge in [-0.3, -0.25) is 9.69 Å². The molecule has 0 amide bonds. The van der Waals surface area contributed by atoms with Gasteiger partial charge in [-0.05, 0) is 42.0 Å². The van der Waals surface area contributed by atoms with Gasteiger partial charge in [-0.2, -0.15) is 0 Å². The highest BCUT2D eigenvalue weighted by atomic mass is 16.5. The number of nitrogens with zero attached hydrogens (tertiary/aromatic N) is 1. The van der Waals surface area contributed by atoms with Gasteiger partial charge in [-0.15, -0.1) is 0 Å². The van der Waals surface area contributed by atoms with Crippen molar-refractivity contribution >= 4 is 12.0 Å². The van der Waals surface area contributed by atoms with Crippen molar-refractivity contribution in [2.24, 2.45) is 11.8 Å². The SMILES string of the molecule is CCCCCCOc1ccc2c(c1)C[C@H](C)C(CN1CC(C(=O)O)C1)=C2. The molecule has 0 unspecified atom stereocenters. The fourth-order valence-corrected chi connectivity index (χ4v) is 3.83. The van der Waals surface area contributed by atoms with Crippen molar-refractivity contribution in [2.75, 3.05) is 26.2 Å². The number of likely N-dealkylation sites (tertiary alicyclic amines) is 1. The van der Waals surface area contributed by atoms with Crippen LogP contribution in [0.3, 0.4) is 0 Å². The lowest BCUT2D eigenvalue weighted by molar-refractivity contribution is -0.147. The van der Waals surface area contributed by atoms with Crippen LogP contribution in [0, 0.1) is 11.8 Å². The molecule has 1 saturated heterocycles. The maximum Gasteiger partial charge on any atom is 0.309 e. The average molecular weight is 357 g/mol. The Morgan fingerprint density at radius 3 is 2.81 bits per heavy atom. The van der Waals surface area contributed by atoms with E-state index in [2.05, 4.69) is 43.0 Å². The van der Waals surface area contributed by atoms with Crippen LogP contribution < -0.4 is 4.74 Å². The lowest BCUT2D eigenvalue weighted by Crippen LogP contribution is -2.51. The van der Waals surface area contributed by atoms with E-state index in [4.69, 9.17) is 9.84 Å². The summed E-state index contributed by atoms with van der Waals surface area (Å²) >= 11 is 0. The van der Waals surface area contributed by atoms with Crippen LogP contribution in [-0.2, 0) is 11.2 Å². The maximum atomic E-state index is 11.0. The van der Waals surface area contributed by atoms with Crippen molar-refractivity contribution in [1.82, 2.24) is 4.90 Å². The number of hydrogen-bond acceptors (Lipinski definition) is 3. The van der Waals surface area contributed by atoms with Gasteiger partial charge in [0.15, 0.2) is 0 Å². The first-order chi connectivity index (χ1) is 12.6. The second kappa shape index (κ2) is 8.72. The van der Waals surface area contributed by atoms with Gasteiger partial charge in [0.1, 0.15) is 5.75 Å². The molecule has 1 aliphatic carbocycles. The van der Waals surface area contributed by atoms with Crippen molar-refractivity contribution in [3.05, 3.63) is 34.9 Å². The van der Waals surface area contributed by atoms with Gasteiger partial charge in [0.2, 0.25) is 0 Å². The third-order valence-corrected chi connectivity index (χ3v) is 5.59. The fourth-order valence-electron chi connectivity index (χ4n) is 3.83. The van der Waals surface area contributed by atoms with Crippen molar-refractivity contribution in [2.45, 2.75) is 46.0 Å². The predicted octanol–water partition coefficient (Wildman–Crippen LogP) is 4.24. The Hall–Kier alpha value is -1.81. The summed E-state index contributed by atoms with van der Waals surface area (Å²) in [4.78, 5) is 13.2. The second-order valence-corrected chi connectivity index (χ2v) is 7.82. The molecule has 1 atom stereocenters. The predicted molar refractivity (Wildman–Crippen MR) is 104 cm³/mol. The molecule has 1 N–H and O–H groups in total. The fraction of sp³-hybridized carbons (Fsp3) is 0.591. The highest BCUT2D eigenvalue weighted by molar-refractivity contribution is 5.71. The van der Waals surface area contributed by atoms with E-state index < -0.39 is 5.97 Å². The molecule has 0 radical (unpaired) electrons. The number of rotatable bonds is 9. The standard InChI is InChI=1S/C22H31NO3/c1-3-4-5-6-9-26-21-8-7-17-11-19(16(2)10-18(17)12-21)13-23-14-20(15-23)22(24)25/h7-8,11-12,16,20H,3-6,9-10,13-15H2,1-2H3,(H,24,25)/t16-/m0/s1. The first-order valence-corrected chi connectivity index (χ1v) is 9.98.